The number of rotatable bonds is 9. The molecule has 24 heavy (non-hydrogen) atoms. The number of allylic oxidation sites excluding steroid dienone is 1. The standard InChI is InChI=1S/C22H32F2/c1-2-3-4-5-8-18-10-12-19(13-11-18)21-15-14-20(22(24)17-21)9-6-7-16-23/h7,14-19H,2-6,8-13H2,1H3/t18-,19-. The van der Waals surface area contributed by atoms with Crippen LogP contribution in [0.3, 0.4) is 0 Å². The quantitative estimate of drug-likeness (QED) is 0.410. The molecule has 1 aromatic rings. The number of unbranched alkanes of at least 4 members (excludes halogenated alkanes) is 3. The molecule has 1 aromatic carbocycles. The van der Waals surface area contributed by atoms with Gasteiger partial charge in [-0.2, -0.15) is 0 Å². The van der Waals surface area contributed by atoms with Crippen LogP contribution in [0.25, 0.3) is 0 Å². The van der Waals surface area contributed by atoms with E-state index in [9.17, 15) is 8.78 Å². The molecule has 0 radical (unpaired) electrons. The fraction of sp³-hybridized carbons (Fsp3) is 0.636. The van der Waals surface area contributed by atoms with Gasteiger partial charge >= 0.3 is 0 Å². The van der Waals surface area contributed by atoms with Gasteiger partial charge in [0.25, 0.3) is 0 Å². The van der Waals surface area contributed by atoms with Crippen molar-refractivity contribution >= 4 is 0 Å². The second-order valence-electron chi connectivity index (χ2n) is 7.32. The number of hydrogen-bond donors (Lipinski definition) is 0. The first-order valence-corrected chi connectivity index (χ1v) is 9.78. The predicted octanol–water partition coefficient (Wildman–Crippen LogP) is 7.49. The van der Waals surface area contributed by atoms with Gasteiger partial charge in [0.05, 0.1) is 6.33 Å². The summed E-state index contributed by atoms with van der Waals surface area (Å²) in [7, 11) is 0. The monoisotopic (exact) mass is 334 g/mol. The Morgan fingerprint density at radius 2 is 1.88 bits per heavy atom. The molecule has 0 spiro atoms. The summed E-state index contributed by atoms with van der Waals surface area (Å²) < 4.78 is 26.2. The van der Waals surface area contributed by atoms with Crippen molar-refractivity contribution in [2.24, 2.45) is 5.92 Å². The van der Waals surface area contributed by atoms with E-state index in [-0.39, 0.29) is 5.82 Å². The minimum Gasteiger partial charge on any atom is -0.216 e. The first-order chi connectivity index (χ1) is 11.7. The predicted molar refractivity (Wildman–Crippen MR) is 98.4 cm³/mol. The van der Waals surface area contributed by atoms with E-state index in [0.717, 1.165) is 11.5 Å². The normalized spacial score (nSPS) is 21.5. The molecular weight excluding hydrogens is 302 g/mol. The van der Waals surface area contributed by atoms with Crippen LogP contribution in [0.4, 0.5) is 8.78 Å². The van der Waals surface area contributed by atoms with Crippen molar-refractivity contribution in [3.05, 3.63) is 47.5 Å². The number of hydrogen-bond acceptors (Lipinski definition) is 0. The Kier molecular flexibility index (Phi) is 8.49. The third-order valence-electron chi connectivity index (χ3n) is 5.53. The molecule has 0 heterocycles. The summed E-state index contributed by atoms with van der Waals surface area (Å²) in [5.41, 5.74) is 1.85. The molecule has 0 bridgehead atoms. The van der Waals surface area contributed by atoms with Crippen LogP contribution in [0.1, 0.15) is 88.2 Å². The number of aryl methyl sites for hydroxylation is 1. The van der Waals surface area contributed by atoms with Crippen molar-refractivity contribution in [2.45, 2.75) is 83.5 Å². The maximum atomic E-state index is 14.2. The third-order valence-corrected chi connectivity index (χ3v) is 5.53. The summed E-state index contributed by atoms with van der Waals surface area (Å²) in [6.45, 7) is 2.26. The van der Waals surface area contributed by atoms with Crippen molar-refractivity contribution in [3.63, 3.8) is 0 Å². The Morgan fingerprint density at radius 3 is 2.54 bits per heavy atom. The summed E-state index contributed by atoms with van der Waals surface area (Å²) in [6.07, 6.45) is 14.9. The zero-order valence-corrected chi connectivity index (χ0v) is 15.1. The summed E-state index contributed by atoms with van der Waals surface area (Å²) in [5.74, 6) is 1.28. The van der Waals surface area contributed by atoms with Gasteiger partial charge in [0.2, 0.25) is 0 Å². The van der Waals surface area contributed by atoms with Crippen molar-refractivity contribution in [3.8, 4) is 0 Å². The van der Waals surface area contributed by atoms with Crippen LogP contribution in [-0.2, 0) is 6.42 Å². The van der Waals surface area contributed by atoms with Crippen LogP contribution in [0.5, 0.6) is 0 Å². The molecule has 2 rings (SSSR count). The second kappa shape index (κ2) is 10.6. The molecule has 0 saturated heterocycles. The highest BCUT2D eigenvalue weighted by molar-refractivity contribution is 5.27. The number of benzene rings is 1. The van der Waals surface area contributed by atoms with Crippen molar-refractivity contribution < 1.29 is 8.78 Å². The Bertz CT molecular complexity index is 499. The van der Waals surface area contributed by atoms with E-state index in [1.165, 1.54) is 63.9 Å². The topological polar surface area (TPSA) is 0 Å². The molecule has 1 fully saturated rings. The summed E-state index contributed by atoms with van der Waals surface area (Å²) in [4.78, 5) is 0. The van der Waals surface area contributed by atoms with E-state index in [4.69, 9.17) is 0 Å². The Balaban J connectivity index is 1.80. The summed E-state index contributed by atoms with van der Waals surface area (Å²) >= 11 is 0. The van der Waals surface area contributed by atoms with Crippen LogP contribution < -0.4 is 0 Å². The van der Waals surface area contributed by atoms with Gasteiger partial charge in [-0.05, 0) is 67.6 Å². The van der Waals surface area contributed by atoms with Gasteiger partial charge in [-0.15, -0.1) is 0 Å². The molecule has 0 aliphatic heterocycles. The molecule has 0 aromatic heterocycles. The van der Waals surface area contributed by atoms with Gasteiger partial charge in [0.1, 0.15) is 5.82 Å². The Hall–Kier alpha value is -1.18. The van der Waals surface area contributed by atoms with E-state index >= 15 is 0 Å². The Morgan fingerprint density at radius 1 is 1.08 bits per heavy atom. The van der Waals surface area contributed by atoms with E-state index in [1.54, 1.807) is 6.07 Å². The van der Waals surface area contributed by atoms with Gasteiger partial charge in [-0.25, -0.2) is 8.78 Å². The third kappa shape index (κ3) is 6.03. The lowest BCUT2D eigenvalue weighted by Gasteiger charge is -2.29. The average Bonchev–Trinajstić information content (AvgIpc) is 2.61. The molecule has 134 valence electrons. The largest absolute Gasteiger partial charge is 0.216 e. The minimum atomic E-state index is -0.124. The van der Waals surface area contributed by atoms with Crippen LogP contribution in [-0.4, -0.2) is 0 Å². The van der Waals surface area contributed by atoms with E-state index in [1.807, 2.05) is 6.07 Å². The van der Waals surface area contributed by atoms with Gasteiger partial charge in [0, 0.05) is 0 Å². The van der Waals surface area contributed by atoms with Crippen LogP contribution in [0.15, 0.2) is 30.6 Å². The molecule has 1 aliphatic rings. The van der Waals surface area contributed by atoms with Gasteiger partial charge in [-0.1, -0.05) is 57.2 Å². The molecule has 0 nitrogen and oxygen atoms in total. The van der Waals surface area contributed by atoms with Crippen molar-refractivity contribution in [2.75, 3.05) is 0 Å². The number of halogens is 2. The average molecular weight is 334 g/mol. The molecule has 1 aliphatic carbocycles. The van der Waals surface area contributed by atoms with Crippen LogP contribution in [0, 0.1) is 11.7 Å². The van der Waals surface area contributed by atoms with E-state index < -0.39 is 0 Å². The zero-order valence-electron chi connectivity index (χ0n) is 15.1. The minimum absolute atomic E-state index is 0.124. The van der Waals surface area contributed by atoms with Gasteiger partial charge in [0.15, 0.2) is 0 Å². The van der Waals surface area contributed by atoms with E-state index in [0.29, 0.717) is 30.7 Å². The van der Waals surface area contributed by atoms with Gasteiger partial charge < -0.3 is 0 Å². The molecule has 0 unspecified atom stereocenters. The fourth-order valence-electron chi connectivity index (χ4n) is 3.97. The first-order valence-electron chi connectivity index (χ1n) is 9.78. The lowest BCUT2D eigenvalue weighted by atomic mass is 9.77. The smallest absolute Gasteiger partial charge is 0.126 e. The Labute approximate surface area is 146 Å². The first kappa shape index (κ1) is 19.1. The lowest BCUT2D eigenvalue weighted by Crippen LogP contribution is -2.13. The molecule has 1 saturated carbocycles. The lowest BCUT2D eigenvalue weighted by molar-refractivity contribution is 0.302. The molecular formula is C22H32F2. The highest BCUT2D eigenvalue weighted by Gasteiger charge is 2.22. The highest BCUT2D eigenvalue weighted by atomic mass is 19.1. The van der Waals surface area contributed by atoms with Crippen molar-refractivity contribution in [1.29, 1.82) is 0 Å². The maximum Gasteiger partial charge on any atom is 0.126 e. The van der Waals surface area contributed by atoms with Crippen molar-refractivity contribution in [1.82, 2.24) is 0 Å². The molecule has 0 N–H and O–H groups in total. The summed E-state index contributed by atoms with van der Waals surface area (Å²) in [6, 6.07) is 5.71. The SMILES string of the molecule is CCCCCC[C@H]1CC[C@H](c2ccc(CCC=CF)c(F)c2)CC1. The maximum absolute atomic E-state index is 14.2. The highest BCUT2D eigenvalue weighted by Crippen LogP contribution is 2.38. The van der Waals surface area contributed by atoms with Gasteiger partial charge in [-0.3, -0.25) is 0 Å². The molecule has 0 amide bonds. The molecule has 2 heteroatoms. The van der Waals surface area contributed by atoms with Crippen LogP contribution in [0.2, 0.25) is 0 Å². The fourth-order valence-corrected chi connectivity index (χ4v) is 3.97. The summed E-state index contributed by atoms with van der Waals surface area (Å²) in [5, 5.41) is 0. The van der Waals surface area contributed by atoms with Crippen LogP contribution >= 0.6 is 0 Å². The zero-order chi connectivity index (χ0) is 17.2. The molecule has 0 atom stereocenters. The second-order valence-corrected chi connectivity index (χ2v) is 7.32. The van der Waals surface area contributed by atoms with E-state index in [2.05, 4.69) is 13.0 Å².